The monoisotopic (exact) mass is 331 g/mol. The molecule has 22 heavy (non-hydrogen) atoms. The van der Waals surface area contributed by atoms with E-state index in [1.54, 1.807) is 12.1 Å². The van der Waals surface area contributed by atoms with E-state index in [0.717, 1.165) is 22.4 Å². The van der Waals surface area contributed by atoms with Crippen molar-refractivity contribution in [1.29, 1.82) is 0 Å². The van der Waals surface area contributed by atoms with E-state index in [0.29, 0.717) is 17.2 Å². The third-order valence-corrected chi connectivity index (χ3v) is 5.45. The molecule has 1 fully saturated rings. The molecule has 0 atom stereocenters. The SMILES string of the molecule is NC1CC1.O=Cc1ccccc1SSc1ccccc1C=O. The summed E-state index contributed by atoms with van der Waals surface area (Å²) in [5, 5.41) is 0. The molecular weight excluding hydrogens is 314 g/mol. The highest BCUT2D eigenvalue weighted by atomic mass is 33.1. The molecule has 114 valence electrons. The molecular formula is C17H17NO2S2. The molecule has 3 nitrogen and oxygen atoms in total. The van der Waals surface area contributed by atoms with Gasteiger partial charge in [-0.15, -0.1) is 0 Å². The summed E-state index contributed by atoms with van der Waals surface area (Å²) in [5.41, 5.74) is 6.55. The van der Waals surface area contributed by atoms with E-state index in [1.165, 1.54) is 34.4 Å². The lowest BCUT2D eigenvalue weighted by atomic mass is 10.2. The van der Waals surface area contributed by atoms with Crippen molar-refractivity contribution < 1.29 is 9.59 Å². The van der Waals surface area contributed by atoms with E-state index in [4.69, 9.17) is 5.73 Å². The second-order valence-corrected chi connectivity index (χ2v) is 7.03. The van der Waals surface area contributed by atoms with E-state index in [1.807, 2.05) is 36.4 Å². The average molecular weight is 331 g/mol. The summed E-state index contributed by atoms with van der Waals surface area (Å²) in [4.78, 5) is 23.6. The van der Waals surface area contributed by atoms with Gasteiger partial charge in [0.05, 0.1) is 0 Å². The maximum atomic E-state index is 10.9. The number of aldehydes is 2. The number of carbonyl (C=O) groups is 2. The first-order chi connectivity index (χ1) is 10.7. The fraction of sp³-hybridized carbons (Fsp3) is 0.176. The maximum Gasteiger partial charge on any atom is 0.151 e. The predicted molar refractivity (Wildman–Crippen MR) is 92.6 cm³/mol. The molecule has 1 saturated carbocycles. The first kappa shape index (κ1) is 16.8. The Hall–Kier alpha value is -1.56. The second-order valence-electron chi connectivity index (χ2n) is 4.82. The molecule has 2 N–H and O–H groups in total. The van der Waals surface area contributed by atoms with E-state index in [2.05, 4.69) is 0 Å². The van der Waals surface area contributed by atoms with Crippen LogP contribution in [0.5, 0.6) is 0 Å². The minimum atomic E-state index is 0.583. The predicted octanol–water partition coefficient (Wildman–Crippen LogP) is 4.22. The summed E-state index contributed by atoms with van der Waals surface area (Å²) in [6, 6.07) is 15.4. The fourth-order valence-electron chi connectivity index (χ4n) is 1.49. The molecule has 0 heterocycles. The van der Waals surface area contributed by atoms with Crippen LogP contribution < -0.4 is 5.73 Å². The third kappa shape index (κ3) is 5.33. The van der Waals surface area contributed by atoms with Gasteiger partial charge >= 0.3 is 0 Å². The molecule has 0 aromatic heterocycles. The lowest BCUT2D eigenvalue weighted by molar-refractivity contribution is 0.111. The van der Waals surface area contributed by atoms with Crippen molar-refractivity contribution in [1.82, 2.24) is 0 Å². The van der Waals surface area contributed by atoms with Crippen molar-refractivity contribution >= 4 is 34.2 Å². The van der Waals surface area contributed by atoms with Gasteiger partial charge in [-0.05, 0) is 25.0 Å². The Kier molecular flexibility index (Phi) is 6.71. The molecule has 0 amide bonds. The molecule has 2 aromatic rings. The fourth-order valence-corrected chi connectivity index (χ4v) is 3.82. The van der Waals surface area contributed by atoms with Gasteiger partial charge in [0.2, 0.25) is 0 Å². The largest absolute Gasteiger partial charge is 0.328 e. The Labute approximate surface area is 138 Å². The summed E-state index contributed by atoms with van der Waals surface area (Å²) >= 11 is 0. The summed E-state index contributed by atoms with van der Waals surface area (Å²) in [6.07, 6.45) is 4.21. The van der Waals surface area contributed by atoms with Crippen LogP contribution in [0.25, 0.3) is 0 Å². The van der Waals surface area contributed by atoms with Crippen LogP contribution in [0.4, 0.5) is 0 Å². The van der Waals surface area contributed by atoms with Crippen molar-refractivity contribution in [2.75, 3.05) is 0 Å². The van der Waals surface area contributed by atoms with Crippen LogP contribution in [0.3, 0.4) is 0 Å². The minimum Gasteiger partial charge on any atom is -0.328 e. The van der Waals surface area contributed by atoms with Crippen LogP contribution in [0, 0.1) is 0 Å². The topological polar surface area (TPSA) is 60.2 Å². The van der Waals surface area contributed by atoms with E-state index < -0.39 is 0 Å². The molecule has 0 radical (unpaired) electrons. The zero-order valence-electron chi connectivity index (χ0n) is 12.0. The van der Waals surface area contributed by atoms with Crippen molar-refractivity contribution in [3.63, 3.8) is 0 Å². The van der Waals surface area contributed by atoms with Gasteiger partial charge in [0.15, 0.2) is 12.6 Å². The Morgan fingerprint density at radius 3 is 1.50 bits per heavy atom. The van der Waals surface area contributed by atoms with Crippen LogP contribution in [-0.2, 0) is 0 Å². The molecule has 0 aliphatic heterocycles. The number of benzene rings is 2. The van der Waals surface area contributed by atoms with E-state index in [-0.39, 0.29) is 0 Å². The van der Waals surface area contributed by atoms with E-state index in [9.17, 15) is 9.59 Å². The Balaban J connectivity index is 0.000000381. The molecule has 2 aromatic carbocycles. The minimum absolute atomic E-state index is 0.583. The molecule has 1 aliphatic rings. The van der Waals surface area contributed by atoms with Crippen molar-refractivity contribution in [2.24, 2.45) is 5.73 Å². The normalized spacial score (nSPS) is 13.0. The van der Waals surface area contributed by atoms with Crippen LogP contribution in [0.15, 0.2) is 58.3 Å². The van der Waals surface area contributed by atoms with Gasteiger partial charge < -0.3 is 5.73 Å². The average Bonchev–Trinajstić information content (AvgIpc) is 3.36. The Bertz CT molecular complexity index is 591. The molecule has 1 aliphatic carbocycles. The summed E-state index contributed by atoms with van der Waals surface area (Å²) < 4.78 is 0. The zero-order chi connectivity index (χ0) is 15.8. The van der Waals surface area contributed by atoms with Crippen LogP contribution in [-0.4, -0.2) is 18.6 Å². The van der Waals surface area contributed by atoms with Crippen LogP contribution in [0.1, 0.15) is 33.6 Å². The second kappa shape index (κ2) is 8.78. The smallest absolute Gasteiger partial charge is 0.151 e. The number of hydrogen-bond acceptors (Lipinski definition) is 5. The highest BCUT2D eigenvalue weighted by Gasteiger charge is 2.13. The summed E-state index contributed by atoms with van der Waals surface area (Å²) in [5.74, 6) is 0. The highest BCUT2D eigenvalue weighted by molar-refractivity contribution is 8.76. The summed E-state index contributed by atoms with van der Waals surface area (Å²) in [7, 11) is 2.96. The molecule has 0 saturated heterocycles. The van der Waals surface area contributed by atoms with Gasteiger partial charge in [-0.1, -0.05) is 58.0 Å². The number of nitrogens with two attached hydrogens (primary N) is 1. The molecule has 0 unspecified atom stereocenters. The maximum absolute atomic E-state index is 10.9. The van der Waals surface area contributed by atoms with Crippen molar-refractivity contribution in [3.8, 4) is 0 Å². The first-order valence-electron chi connectivity index (χ1n) is 6.93. The van der Waals surface area contributed by atoms with E-state index >= 15 is 0 Å². The van der Waals surface area contributed by atoms with Gasteiger partial charge in [-0.2, -0.15) is 0 Å². The molecule has 5 heteroatoms. The molecule has 0 bridgehead atoms. The summed E-state index contributed by atoms with van der Waals surface area (Å²) in [6.45, 7) is 0. The highest BCUT2D eigenvalue weighted by Crippen LogP contribution is 2.39. The Morgan fingerprint density at radius 1 is 0.818 bits per heavy atom. The van der Waals surface area contributed by atoms with Crippen LogP contribution in [0.2, 0.25) is 0 Å². The number of hydrogen-bond donors (Lipinski definition) is 1. The quantitative estimate of drug-likeness (QED) is 0.656. The van der Waals surface area contributed by atoms with Crippen molar-refractivity contribution in [2.45, 2.75) is 28.7 Å². The number of rotatable bonds is 5. The van der Waals surface area contributed by atoms with Gasteiger partial charge in [-0.3, -0.25) is 9.59 Å². The molecule has 0 spiro atoms. The Morgan fingerprint density at radius 2 is 1.18 bits per heavy atom. The van der Waals surface area contributed by atoms with Crippen LogP contribution >= 0.6 is 21.6 Å². The number of carbonyl (C=O) groups excluding carboxylic acids is 2. The standard InChI is InChI=1S/C14H10O2S2.C3H7N/c15-9-11-5-1-3-7-13(11)17-18-14-8-4-2-6-12(14)10-16;4-3-1-2-3/h1-10H;3H,1-2,4H2. The van der Waals surface area contributed by atoms with Gasteiger partial charge in [-0.25, -0.2) is 0 Å². The lowest BCUT2D eigenvalue weighted by Crippen LogP contribution is -1.94. The molecule has 3 rings (SSSR count). The first-order valence-corrected chi connectivity index (χ1v) is 9.08. The van der Waals surface area contributed by atoms with Gasteiger partial charge in [0.1, 0.15) is 0 Å². The lowest BCUT2D eigenvalue weighted by Gasteiger charge is -2.05. The van der Waals surface area contributed by atoms with Crippen molar-refractivity contribution in [3.05, 3.63) is 59.7 Å². The zero-order valence-corrected chi connectivity index (χ0v) is 13.6. The third-order valence-electron chi connectivity index (χ3n) is 2.94. The van der Waals surface area contributed by atoms with Gasteiger partial charge in [0.25, 0.3) is 0 Å². The van der Waals surface area contributed by atoms with Gasteiger partial charge in [0, 0.05) is 27.0 Å².